The zero-order valence-corrected chi connectivity index (χ0v) is 9.01. The summed E-state index contributed by atoms with van der Waals surface area (Å²) >= 11 is 0.330. The molecular formula is C6H11IO3S. The lowest BCUT2D eigenvalue weighted by molar-refractivity contribution is 0.162. The molecule has 5 heteroatoms. The molecule has 66 valence electrons. The fraction of sp³-hybridized carbons (Fsp3) is 1.00. The van der Waals surface area contributed by atoms with Gasteiger partial charge in [-0.05, 0) is 25.7 Å². The molecule has 0 aliphatic heterocycles. The smallest absolute Gasteiger partial charge is 0.284 e. The van der Waals surface area contributed by atoms with Crippen LogP contribution in [0.1, 0.15) is 25.7 Å². The van der Waals surface area contributed by atoms with Gasteiger partial charge in [0, 0.05) is 3.92 Å². The lowest BCUT2D eigenvalue weighted by atomic mass is 9.98. The summed E-state index contributed by atoms with van der Waals surface area (Å²) in [5.74, 6) is 0. The molecule has 1 saturated carbocycles. The number of hydrogen-bond donors (Lipinski definition) is 1. The molecule has 0 aromatic carbocycles. The molecule has 1 N–H and O–H groups in total. The highest BCUT2D eigenvalue weighted by Crippen LogP contribution is 2.26. The van der Waals surface area contributed by atoms with E-state index in [0.29, 0.717) is 0 Å². The Morgan fingerprint density at radius 2 is 1.91 bits per heavy atom. The summed E-state index contributed by atoms with van der Waals surface area (Å²) in [4.78, 5) is 0. The second-order valence-corrected chi connectivity index (χ2v) is 5.08. The van der Waals surface area contributed by atoms with Crippen molar-refractivity contribution >= 4 is 34.0 Å². The fourth-order valence-corrected chi connectivity index (χ4v) is 2.38. The van der Waals surface area contributed by atoms with Crippen LogP contribution in [-0.2, 0) is 15.5 Å². The van der Waals surface area contributed by atoms with E-state index < -0.39 is 11.4 Å². The van der Waals surface area contributed by atoms with Crippen molar-refractivity contribution in [3.8, 4) is 0 Å². The first kappa shape index (κ1) is 9.88. The quantitative estimate of drug-likeness (QED) is 0.480. The SMILES string of the molecule is O=S(O)OC1CCC(I)CC1. The monoisotopic (exact) mass is 290 g/mol. The van der Waals surface area contributed by atoms with Gasteiger partial charge in [0.1, 0.15) is 0 Å². The zero-order chi connectivity index (χ0) is 8.27. The molecule has 1 fully saturated rings. The van der Waals surface area contributed by atoms with E-state index in [1.807, 2.05) is 0 Å². The molecule has 0 saturated heterocycles. The Labute approximate surface area is 82.5 Å². The molecule has 0 aromatic heterocycles. The maximum absolute atomic E-state index is 10.2. The Morgan fingerprint density at radius 1 is 1.36 bits per heavy atom. The minimum absolute atomic E-state index is 0.00634. The second-order valence-electron chi connectivity index (χ2n) is 2.69. The number of hydrogen-bond acceptors (Lipinski definition) is 2. The molecule has 1 aliphatic carbocycles. The summed E-state index contributed by atoms with van der Waals surface area (Å²) in [6.07, 6.45) is 4.04. The summed E-state index contributed by atoms with van der Waals surface area (Å²) in [6, 6.07) is 0. The van der Waals surface area contributed by atoms with Gasteiger partial charge < -0.3 is 0 Å². The van der Waals surface area contributed by atoms with E-state index in [1.54, 1.807) is 0 Å². The molecule has 1 atom stereocenters. The van der Waals surface area contributed by atoms with Gasteiger partial charge in [0.25, 0.3) is 0 Å². The average molecular weight is 290 g/mol. The van der Waals surface area contributed by atoms with E-state index >= 15 is 0 Å². The van der Waals surface area contributed by atoms with Crippen LogP contribution in [0, 0.1) is 0 Å². The van der Waals surface area contributed by atoms with Crippen molar-refractivity contribution in [1.29, 1.82) is 0 Å². The van der Waals surface area contributed by atoms with Crippen LogP contribution in [-0.4, -0.2) is 18.8 Å². The van der Waals surface area contributed by atoms with E-state index in [9.17, 15) is 4.21 Å². The highest BCUT2D eigenvalue weighted by Gasteiger charge is 2.20. The summed E-state index contributed by atoms with van der Waals surface area (Å²) < 4.78 is 24.1. The van der Waals surface area contributed by atoms with Crippen molar-refractivity contribution in [2.75, 3.05) is 0 Å². The van der Waals surface area contributed by atoms with Crippen LogP contribution >= 0.6 is 22.6 Å². The van der Waals surface area contributed by atoms with E-state index in [2.05, 4.69) is 22.6 Å². The van der Waals surface area contributed by atoms with Gasteiger partial charge in [0.2, 0.25) is 0 Å². The Morgan fingerprint density at radius 3 is 2.36 bits per heavy atom. The lowest BCUT2D eigenvalue weighted by Crippen LogP contribution is -2.22. The van der Waals surface area contributed by atoms with Crippen molar-refractivity contribution in [1.82, 2.24) is 0 Å². The van der Waals surface area contributed by atoms with Gasteiger partial charge in [-0.2, -0.15) is 4.21 Å². The molecule has 1 unspecified atom stereocenters. The topological polar surface area (TPSA) is 46.5 Å². The Balaban J connectivity index is 2.22. The highest BCUT2D eigenvalue weighted by atomic mass is 127. The second kappa shape index (κ2) is 4.74. The third-order valence-electron chi connectivity index (χ3n) is 1.82. The van der Waals surface area contributed by atoms with Crippen LogP contribution in [0.3, 0.4) is 0 Å². The largest absolute Gasteiger partial charge is 0.302 e. The maximum atomic E-state index is 10.2. The number of halogens is 1. The third kappa shape index (κ3) is 3.82. The molecule has 1 rings (SSSR count). The van der Waals surface area contributed by atoms with Gasteiger partial charge in [-0.1, -0.05) is 22.6 Å². The molecule has 11 heavy (non-hydrogen) atoms. The minimum Gasteiger partial charge on any atom is -0.284 e. The zero-order valence-electron chi connectivity index (χ0n) is 6.03. The Hall–Kier alpha value is 0.800. The Kier molecular flexibility index (Phi) is 4.26. The van der Waals surface area contributed by atoms with Crippen molar-refractivity contribution < 1.29 is 12.9 Å². The molecule has 0 spiro atoms. The standard InChI is InChI=1S/C6H11IO3S/c7-5-1-3-6(4-2-5)10-11(8)9/h5-6H,1-4H2,(H,8,9). The van der Waals surface area contributed by atoms with Gasteiger partial charge in [-0.25, -0.2) is 0 Å². The third-order valence-corrected chi connectivity index (χ3v) is 3.50. The van der Waals surface area contributed by atoms with Gasteiger partial charge in [-0.3, -0.25) is 8.74 Å². The first-order chi connectivity index (χ1) is 5.18. The normalized spacial score (nSPS) is 35.1. The van der Waals surface area contributed by atoms with E-state index in [1.165, 1.54) is 0 Å². The molecule has 0 aromatic rings. The van der Waals surface area contributed by atoms with Gasteiger partial charge in [-0.15, -0.1) is 0 Å². The molecule has 0 radical (unpaired) electrons. The van der Waals surface area contributed by atoms with Crippen molar-refractivity contribution in [3.05, 3.63) is 0 Å². The van der Waals surface area contributed by atoms with Gasteiger partial charge >= 0.3 is 11.4 Å². The van der Waals surface area contributed by atoms with Crippen LogP contribution in [0.4, 0.5) is 0 Å². The molecule has 0 bridgehead atoms. The summed E-state index contributed by atoms with van der Waals surface area (Å²) in [5, 5.41) is 0. The molecular weight excluding hydrogens is 279 g/mol. The highest BCUT2D eigenvalue weighted by molar-refractivity contribution is 14.1. The molecule has 3 nitrogen and oxygen atoms in total. The van der Waals surface area contributed by atoms with Crippen LogP contribution in [0.5, 0.6) is 0 Å². The summed E-state index contributed by atoms with van der Waals surface area (Å²) in [5.41, 5.74) is 0. The van der Waals surface area contributed by atoms with Crippen LogP contribution in [0.2, 0.25) is 0 Å². The first-order valence-corrected chi connectivity index (χ1v) is 5.88. The first-order valence-electron chi connectivity index (χ1n) is 3.60. The van der Waals surface area contributed by atoms with Crippen molar-refractivity contribution in [2.45, 2.75) is 35.7 Å². The predicted molar refractivity (Wildman–Crippen MR) is 51.9 cm³/mol. The fourth-order valence-electron chi connectivity index (χ4n) is 1.23. The predicted octanol–water partition coefficient (Wildman–Crippen LogP) is 1.89. The van der Waals surface area contributed by atoms with Gasteiger partial charge in [0.05, 0.1) is 6.10 Å². The minimum atomic E-state index is -2.08. The molecule has 0 heterocycles. The van der Waals surface area contributed by atoms with E-state index in [0.717, 1.165) is 29.6 Å². The van der Waals surface area contributed by atoms with E-state index in [-0.39, 0.29) is 6.10 Å². The van der Waals surface area contributed by atoms with Crippen molar-refractivity contribution in [2.24, 2.45) is 0 Å². The average Bonchev–Trinajstić information content (AvgIpc) is 1.93. The summed E-state index contributed by atoms with van der Waals surface area (Å²) in [6.45, 7) is 0. The Bertz CT molecular complexity index is 145. The summed E-state index contributed by atoms with van der Waals surface area (Å²) in [7, 11) is 0. The van der Waals surface area contributed by atoms with Crippen molar-refractivity contribution in [3.63, 3.8) is 0 Å². The van der Waals surface area contributed by atoms with E-state index in [4.69, 9.17) is 8.74 Å². The number of rotatable bonds is 2. The maximum Gasteiger partial charge on any atom is 0.302 e. The van der Waals surface area contributed by atoms with Crippen LogP contribution < -0.4 is 0 Å². The molecule has 0 amide bonds. The van der Waals surface area contributed by atoms with Crippen LogP contribution in [0.15, 0.2) is 0 Å². The molecule has 1 aliphatic rings. The van der Waals surface area contributed by atoms with Gasteiger partial charge in [0.15, 0.2) is 0 Å². The van der Waals surface area contributed by atoms with Crippen LogP contribution in [0.25, 0.3) is 0 Å². The lowest BCUT2D eigenvalue weighted by Gasteiger charge is -2.23. The number of alkyl halides is 1.